The van der Waals surface area contributed by atoms with Crippen molar-refractivity contribution in [1.82, 2.24) is 0 Å². The highest BCUT2D eigenvalue weighted by atomic mass is 14.3. The third-order valence-electron chi connectivity index (χ3n) is 11.1. The molecule has 0 N–H and O–H groups in total. The Hall–Kier alpha value is -6.24. The highest BCUT2D eigenvalue weighted by Crippen LogP contribution is 2.59. The van der Waals surface area contributed by atoms with Gasteiger partial charge in [-0.05, 0) is 129 Å². The minimum absolute atomic E-state index is 1.25. The van der Waals surface area contributed by atoms with Crippen molar-refractivity contribution >= 4 is 32.3 Å². The predicted octanol–water partition coefficient (Wildman–Crippen LogP) is 13.8. The molecule has 2 aliphatic carbocycles. The molecule has 0 spiro atoms. The molecule has 226 valence electrons. The van der Waals surface area contributed by atoms with Crippen LogP contribution in [0.3, 0.4) is 0 Å². The van der Waals surface area contributed by atoms with Gasteiger partial charge in [0, 0.05) is 0 Å². The van der Waals surface area contributed by atoms with Crippen molar-refractivity contribution in [3.8, 4) is 77.9 Å². The van der Waals surface area contributed by atoms with Gasteiger partial charge < -0.3 is 0 Å². The Balaban J connectivity index is 1.22. The van der Waals surface area contributed by atoms with E-state index in [-0.39, 0.29) is 0 Å². The molecule has 49 heavy (non-hydrogen) atoms. The van der Waals surface area contributed by atoms with Crippen molar-refractivity contribution in [2.75, 3.05) is 0 Å². The molecule has 0 bridgehead atoms. The van der Waals surface area contributed by atoms with E-state index in [1.54, 1.807) is 0 Å². The van der Waals surface area contributed by atoms with Crippen molar-refractivity contribution < 1.29 is 0 Å². The molecular weight excluding hydrogens is 589 g/mol. The summed E-state index contributed by atoms with van der Waals surface area (Å²) in [6, 6.07) is 61.1. The lowest BCUT2D eigenvalue weighted by molar-refractivity contribution is 1.51. The van der Waals surface area contributed by atoms with Gasteiger partial charge >= 0.3 is 0 Å². The van der Waals surface area contributed by atoms with Crippen LogP contribution in [0.2, 0.25) is 0 Å². The zero-order valence-electron chi connectivity index (χ0n) is 27.1. The van der Waals surface area contributed by atoms with Crippen LogP contribution in [0, 0.1) is 6.92 Å². The zero-order valence-corrected chi connectivity index (χ0v) is 27.1. The van der Waals surface area contributed by atoms with Crippen molar-refractivity contribution in [1.29, 1.82) is 0 Å². The largest absolute Gasteiger partial charge is 0.0622 e. The van der Waals surface area contributed by atoms with Crippen LogP contribution < -0.4 is 0 Å². The average Bonchev–Trinajstić information content (AvgIpc) is 3.68. The Morgan fingerprint density at radius 3 is 1.57 bits per heavy atom. The van der Waals surface area contributed by atoms with Crippen LogP contribution in [0.1, 0.15) is 5.56 Å². The van der Waals surface area contributed by atoms with E-state index < -0.39 is 0 Å². The van der Waals surface area contributed by atoms with E-state index in [2.05, 4.69) is 171 Å². The molecule has 0 heterocycles. The van der Waals surface area contributed by atoms with Gasteiger partial charge in [-0.15, -0.1) is 0 Å². The fourth-order valence-electron chi connectivity index (χ4n) is 9.07. The lowest BCUT2D eigenvalue weighted by atomic mass is 9.82. The number of hydrogen-bond acceptors (Lipinski definition) is 0. The highest BCUT2D eigenvalue weighted by Gasteiger charge is 2.31. The fraction of sp³-hybridized carbons (Fsp3) is 0.0204. The normalized spacial score (nSPS) is 12.2. The van der Waals surface area contributed by atoms with Gasteiger partial charge in [-0.2, -0.15) is 0 Å². The van der Waals surface area contributed by atoms with E-state index in [1.807, 2.05) is 0 Å². The van der Waals surface area contributed by atoms with Crippen LogP contribution in [-0.4, -0.2) is 0 Å². The van der Waals surface area contributed by atoms with Crippen LogP contribution in [0.4, 0.5) is 0 Å². The van der Waals surface area contributed by atoms with Gasteiger partial charge in [0.1, 0.15) is 0 Å². The lowest BCUT2D eigenvalue weighted by Crippen LogP contribution is -1.93. The zero-order chi connectivity index (χ0) is 32.2. The van der Waals surface area contributed by atoms with Gasteiger partial charge in [0.2, 0.25) is 0 Å². The first-order valence-corrected chi connectivity index (χ1v) is 17.2. The van der Waals surface area contributed by atoms with E-state index >= 15 is 0 Å². The molecule has 0 saturated carbocycles. The number of benzene rings is 9. The van der Waals surface area contributed by atoms with Gasteiger partial charge in [0.15, 0.2) is 0 Å². The van der Waals surface area contributed by atoms with E-state index in [4.69, 9.17) is 0 Å². The van der Waals surface area contributed by atoms with Gasteiger partial charge in [0.25, 0.3) is 0 Å². The summed E-state index contributed by atoms with van der Waals surface area (Å²) in [5, 5.41) is 7.94. The van der Waals surface area contributed by atoms with E-state index in [0.717, 1.165) is 0 Å². The number of fused-ring (bicyclic) bond motifs is 7. The fourth-order valence-corrected chi connectivity index (χ4v) is 9.07. The Morgan fingerprint density at radius 2 is 0.857 bits per heavy atom. The van der Waals surface area contributed by atoms with Gasteiger partial charge in [-0.1, -0.05) is 158 Å². The first kappa shape index (κ1) is 26.8. The Bertz CT molecular complexity index is 2760. The molecule has 0 atom stereocenters. The van der Waals surface area contributed by atoms with Gasteiger partial charge in [-0.25, -0.2) is 0 Å². The summed E-state index contributed by atoms with van der Waals surface area (Å²) in [7, 11) is 0. The first-order chi connectivity index (χ1) is 24.3. The molecule has 0 heteroatoms. The molecule has 0 nitrogen and oxygen atoms in total. The number of aryl methyl sites for hydroxylation is 1. The smallest absolute Gasteiger partial charge is 0.000741 e. The second-order valence-corrected chi connectivity index (χ2v) is 13.6. The quantitative estimate of drug-likeness (QED) is 0.185. The van der Waals surface area contributed by atoms with Crippen LogP contribution >= 0.6 is 0 Å². The van der Waals surface area contributed by atoms with Crippen molar-refractivity contribution in [3.05, 3.63) is 169 Å². The third-order valence-corrected chi connectivity index (χ3v) is 11.1. The van der Waals surface area contributed by atoms with Crippen LogP contribution in [-0.2, 0) is 0 Å². The molecule has 2 aliphatic rings. The third kappa shape index (κ3) is 3.58. The summed E-state index contributed by atoms with van der Waals surface area (Å²) >= 11 is 0. The SMILES string of the molecule is Cc1ccc2cccc3c2c1-c1cc(-c2ccc4c5c(cccc25)-c2c-4c(-c4ccccc4)c4ccccc4c2-c2ccccc2)ccc1-3. The summed E-state index contributed by atoms with van der Waals surface area (Å²) in [5.74, 6) is 0. The van der Waals surface area contributed by atoms with Crippen molar-refractivity contribution in [3.63, 3.8) is 0 Å². The van der Waals surface area contributed by atoms with Gasteiger partial charge in [0.05, 0.1) is 0 Å². The summed E-state index contributed by atoms with van der Waals surface area (Å²) in [6.45, 7) is 2.25. The standard InChI is InChI=1S/C49H30/c1-29-22-23-32-16-10-19-37-35-25-24-33(28-42(35)43(29)44(32)37)34-26-27-41-47-36(34)20-11-21-40(47)48-45(30-12-4-2-5-13-30)38-17-8-9-18-39(38)46(49(41)48)31-14-6-3-7-15-31/h2-28H,1H3. The van der Waals surface area contributed by atoms with Crippen molar-refractivity contribution in [2.45, 2.75) is 6.92 Å². The average molecular weight is 619 g/mol. The minimum atomic E-state index is 1.25. The molecule has 0 aliphatic heterocycles. The maximum atomic E-state index is 2.45. The summed E-state index contributed by atoms with van der Waals surface area (Å²) < 4.78 is 0. The second-order valence-electron chi connectivity index (χ2n) is 13.6. The topological polar surface area (TPSA) is 0 Å². The second kappa shape index (κ2) is 9.89. The molecule has 9 aromatic rings. The summed E-state index contributed by atoms with van der Waals surface area (Å²) in [5.41, 5.74) is 19.7. The molecule has 0 radical (unpaired) electrons. The Morgan fingerprint density at radius 1 is 0.286 bits per heavy atom. The summed E-state index contributed by atoms with van der Waals surface area (Å²) in [4.78, 5) is 0. The molecule has 0 unspecified atom stereocenters. The highest BCUT2D eigenvalue weighted by molar-refractivity contribution is 6.29. The maximum Gasteiger partial charge on any atom is -0.000741 e. The monoisotopic (exact) mass is 618 g/mol. The molecule has 0 fully saturated rings. The van der Waals surface area contributed by atoms with Crippen LogP contribution in [0.15, 0.2) is 164 Å². The maximum absolute atomic E-state index is 2.45. The van der Waals surface area contributed by atoms with Gasteiger partial charge in [-0.3, -0.25) is 0 Å². The van der Waals surface area contributed by atoms with Crippen LogP contribution in [0.5, 0.6) is 0 Å². The molecule has 11 rings (SSSR count). The number of hydrogen-bond donors (Lipinski definition) is 0. The Labute approximate surface area is 285 Å². The van der Waals surface area contributed by atoms with E-state index in [0.29, 0.717) is 0 Å². The molecule has 0 amide bonds. The molecule has 0 aromatic heterocycles. The minimum Gasteiger partial charge on any atom is -0.0622 e. The van der Waals surface area contributed by atoms with E-state index in [9.17, 15) is 0 Å². The van der Waals surface area contributed by atoms with Crippen LogP contribution in [0.25, 0.3) is 110 Å². The molecular formula is C49H30. The lowest BCUT2D eigenvalue weighted by Gasteiger charge is -2.20. The molecule has 0 saturated heterocycles. The van der Waals surface area contributed by atoms with E-state index in [1.165, 1.54) is 116 Å². The Kier molecular flexibility index (Phi) is 5.41. The predicted molar refractivity (Wildman–Crippen MR) is 209 cm³/mol. The first-order valence-electron chi connectivity index (χ1n) is 17.2. The van der Waals surface area contributed by atoms with Crippen molar-refractivity contribution in [2.24, 2.45) is 0 Å². The number of rotatable bonds is 3. The molecule has 9 aromatic carbocycles. The summed E-state index contributed by atoms with van der Waals surface area (Å²) in [6.07, 6.45) is 0.